The van der Waals surface area contributed by atoms with E-state index in [1.165, 1.54) is 10.7 Å². The van der Waals surface area contributed by atoms with E-state index in [4.69, 9.17) is 0 Å². The number of nitrogens with zero attached hydrogens (tertiary/aromatic N) is 3. The largest absolute Gasteiger partial charge is 0.476 e. The van der Waals surface area contributed by atoms with Crippen molar-refractivity contribution >= 4 is 22.7 Å². The highest BCUT2D eigenvalue weighted by Gasteiger charge is 2.19. The van der Waals surface area contributed by atoms with E-state index in [9.17, 15) is 14.7 Å². The Morgan fingerprint density at radius 3 is 2.54 bits per heavy atom. The van der Waals surface area contributed by atoms with Gasteiger partial charge in [0.1, 0.15) is 5.65 Å². The minimum absolute atomic E-state index is 0.0522. The molecule has 3 rings (SSSR count). The summed E-state index contributed by atoms with van der Waals surface area (Å²) < 4.78 is 1.53. The molecular formula is C17H18N4O3. The number of hydrogen-bond acceptors (Lipinski definition) is 4. The third-order valence-electron chi connectivity index (χ3n) is 3.92. The fourth-order valence-electron chi connectivity index (χ4n) is 2.72. The van der Waals surface area contributed by atoms with Crippen LogP contribution in [0, 0.1) is 6.92 Å². The van der Waals surface area contributed by atoms with Gasteiger partial charge >= 0.3 is 5.97 Å². The standard InChI is InChI=1S/C17H18N4O3/c1-10-8-13(22)18-16-14(10)15(17(23)24)19-21(16)9-11-4-6-12(7-5-11)20(2)3/h4-8H,9H2,1-3H3,(H,18,22)(H,23,24). The monoisotopic (exact) mass is 326 g/mol. The first-order chi connectivity index (χ1) is 11.4. The molecule has 0 radical (unpaired) electrons. The molecular weight excluding hydrogens is 308 g/mol. The number of carboxylic acid groups (broad SMARTS) is 1. The summed E-state index contributed by atoms with van der Waals surface area (Å²) in [6.45, 7) is 2.08. The molecule has 2 aromatic heterocycles. The number of nitrogens with one attached hydrogen (secondary N) is 1. The SMILES string of the molecule is Cc1cc(=O)[nH]c2c1c(C(=O)O)nn2Cc1ccc(N(C)C)cc1. The smallest absolute Gasteiger partial charge is 0.357 e. The molecule has 0 fully saturated rings. The van der Waals surface area contributed by atoms with Gasteiger partial charge in [0.05, 0.1) is 11.9 Å². The minimum atomic E-state index is -1.11. The average Bonchev–Trinajstić information content (AvgIpc) is 2.87. The van der Waals surface area contributed by atoms with Gasteiger partial charge in [-0.1, -0.05) is 12.1 Å². The van der Waals surface area contributed by atoms with Crippen LogP contribution in [-0.2, 0) is 6.54 Å². The topological polar surface area (TPSA) is 91.2 Å². The number of benzene rings is 1. The van der Waals surface area contributed by atoms with E-state index in [1.54, 1.807) is 6.92 Å². The van der Waals surface area contributed by atoms with Crippen LogP contribution < -0.4 is 10.5 Å². The van der Waals surface area contributed by atoms with E-state index in [0.29, 0.717) is 23.1 Å². The second-order valence-electron chi connectivity index (χ2n) is 5.91. The molecule has 7 heteroatoms. The van der Waals surface area contributed by atoms with Gasteiger partial charge in [-0.05, 0) is 30.2 Å². The second kappa shape index (κ2) is 5.84. The van der Waals surface area contributed by atoms with Crippen LogP contribution in [0.4, 0.5) is 5.69 Å². The van der Waals surface area contributed by atoms with Gasteiger partial charge in [0.15, 0.2) is 5.69 Å². The molecule has 0 unspecified atom stereocenters. The van der Waals surface area contributed by atoms with Crippen LogP contribution in [0.25, 0.3) is 11.0 Å². The molecule has 0 bridgehead atoms. The number of anilines is 1. The van der Waals surface area contributed by atoms with E-state index in [2.05, 4.69) is 10.1 Å². The number of pyridine rings is 1. The quantitative estimate of drug-likeness (QED) is 0.763. The fourth-order valence-corrected chi connectivity index (χ4v) is 2.72. The lowest BCUT2D eigenvalue weighted by molar-refractivity contribution is 0.0691. The van der Waals surface area contributed by atoms with E-state index >= 15 is 0 Å². The first-order valence-electron chi connectivity index (χ1n) is 7.47. The van der Waals surface area contributed by atoms with Crippen molar-refractivity contribution in [2.75, 3.05) is 19.0 Å². The van der Waals surface area contributed by atoms with Crippen LogP contribution in [0.1, 0.15) is 21.6 Å². The van der Waals surface area contributed by atoms with Gasteiger partial charge in [-0.3, -0.25) is 4.79 Å². The minimum Gasteiger partial charge on any atom is -0.476 e. The molecule has 3 aromatic rings. The lowest BCUT2D eigenvalue weighted by Crippen LogP contribution is -2.10. The maximum atomic E-state index is 11.8. The number of aromatic amines is 1. The number of carboxylic acids is 1. The van der Waals surface area contributed by atoms with Gasteiger partial charge in [0.25, 0.3) is 0 Å². The zero-order chi connectivity index (χ0) is 17.4. The summed E-state index contributed by atoms with van der Waals surface area (Å²) in [5, 5.41) is 14.0. The Bertz CT molecular complexity index is 968. The van der Waals surface area contributed by atoms with Crippen molar-refractivity contribution in [3.05, 3.63) is 57.5 Å². The van der Waals surface area contributed by atoms with Gasteiger partial charge in [-0.2, -0.15) is 5.10 Å². The maximum absolute atomic E-state index is 11.8. The molecule has 0 aliphatic heterocycles. The molecule has 0 saturated carbocycles. The highest BCUT2D eigenvalue weighted by atomic mass is 16.4. The Hall–Kier alpha value is -3.09. The molecule has 0 saturated heterocycles. The van der Waals surface area contributed by atoms with E-state index < -0.39 is 5.97 Å². The summed E-state index contributed by atoms with van der Waals surface area (Å²) in [5.41, 5.74) is 2.72. The predicted molar refractivity (Wildman–Crippen MR) is 91.9 cm³/mol. The highest BCUT2D eigenvalue weighted by Crippen LogP contribution is 2.21. The molecule has 0 aliphatic rings. The number of aryl methyl sites for hydroxylation is 1. The van der Waals surface area contributed by atoms with E-state index in [0.717, 1.165) is 11.3 Å². The summed E-state index contributed by atoms with van der Waals surface area (Å²) in [6.07, 6.45) is 0. The molecule has 1 aromatic carbocycles. The summed E-state index contributed by atoms with van der Waals surface area (Å²) in [6, 6.07) is 9.25. The van der Waals surface area contributed by atoms with Crippen molar-refractivity contribution in [2.24, 2.45) is 0 Å². The van der Waals surface area contributed by atoms with Gasteiger partial charge in [0.2, 0.25) is 5.56 Å². The lowest BCUT2D eigenvalue weighted by atomic mass is 10.1. The van der Waals surface area contributed by atoms with Crippen molar-refractivity contribution in [3.63, 3.8) is 0 Å². The molecule has 0 amide bonds. The Labute approximate surface area is 138 Å². The molecule has 124 valence electrons. The summed E-state index contributed by atoms with van der Waals surface area (Å²) in [4.78, 5) is 27.9. The van der Waals surface area contributed by atoms with Crippen LogP contribution in [0.5, 0.6) is 0 Å². The molecule has 7 nitrogen and oxygen atoms in total. The number of aromatic carboxylic acids is 1. The van der Waals surface area contributed by atoms with Crippen LogP contribution in [0.3, 0.4) is 0 Å². The van der Waals surface area contributed by atoms with Gasteiger partial charge in [0, 0.05) is 25.8 Å². The lowest BCUT2D eigenvalue weighted by Gasteiger charge is -2.12. The van der Waals surface area contributed by atoms with Crippen molar-refractivity contribution in [3.8, 4) is 0 Å². The van der Waals surface area contributed by atoms with Crippen LogP contribution >= 0.6 is 0 Å². The van der Waals surface area contributed by atoms with Crippen molar-refractivity contribution < 1.29 is 9.90 Å². The zero-order valence-corrected chi connectivity index (χ0v) is 13.7. The fraction of sp³-hybridized carbons (Fsp3) is 0.235. The number of fused-ring (bicyclic) bond motifs is 1. The summed E-state index contributed by atoms with van der Waals surface area (Å²) >= 11 is 0. The molecule has 0 aliphatic carbocycles. The third kappa shape index (κ3) is 2.76. The number of H-pyrrole nitrogens is 1. The number of carbonyl (C=O) groups is 1. The van der Waals surface area contributed by atoms with E-state index in [1.807, 2.05) is 43.3 Å². The van der Waals surface area contributed by atoms with Crippen molar-refractivity contribution in [1.29, 1.82) is 0 Å². The van der Waals surface area contributed by atoms with Crippen molar-refractivity contribution in [1.82, 2.24) is 14.8 Å². The van der Waals surface area contributed by atoms with Gasteiger partial charge in [-0.25, -0.2) is 9.48 Å². The normalized spacial score (nSPS) is 11.0. The molecule has 2 heterocycles. The van der Waals surface area contributed by atoms with Gasteiger partial charge in [-0.15, -0.1) is 0 Å². The van der Waals surface area contributed by atoms with E-state index in [-0.39, 0.29) is 11.3 Å². The Balaban J connectivity index is 2.09. The Kier molecular flexibility index (Phi) is 3.84. The first kappa shape index (κ1) is 15.8. The second-order valence-corrected chi connectivity index (χ2v) is 5.91. The number of aromatic nitrogens is 3. The molecule has 0 atom stereocenters. The van der Waals surface area contributed by atoms with Crippen LogP contribution in [0.15, 0.2) is 35.1 Å². The van der Waals surface area contributed by atoms with Crippen LogP contribution in [-0.4, -0.2) is 39.9 Å². The molecule has 24 heavy (non-hydrogen) atoms. The third-order valence-corrected chi connectivity index (χ3v) is 3.92. The molecule has 2 N–H and O–H groups in total. The summed E-state index contributed by atoms with van der Waals surface area (Å²) in [7, 11) is 3.92. The molecule has 0 spiro atoms. The maximum Gasteiger partial charge on any atom is 0.357 e. The zero-order valence-electron chi connectivity index (χ0n) is 13.7. The van der Waals surface area contributed by atoms with Gasteiger partial charge < -0.3 is 15.0 Å². The first-order valence-corrected chi connectivity index (χ1v) is 7.47. The van der Waals surface area contributed by atoms with Crippen molar-refractivity contribution in [2.45, 2.75) is 13.5 Å². The Morgan fingerprint density at radius 2 is 1.96 bits per heavy atom. The Morgan fingerprint density at radius 1 is 1.29 bits per heavy atom. The number of hydrogen-bond donors (Lipinski definition) is 2. The number of rotatable bonds is 4. The summed E-state index contributed by atoms with van der Waals surface area (Å²) in [5.74, 6) is -1.11. The van der Waals surface area contributed by atoms with Crippen LogP contribution in [0.2, 0.25) is 0 Å². The predicted octanol–water partition coefficient (Wildman–Crippen LogP) is 1.85. The highest BCUT2D eigenvalue weighted by molar-refractivity contribution is 6.01. The average molecular weight is 326 g/mol.